The fourth-order valence-corrected chi connectivity index (χ4v) is 5.16. The molecule has 0 amide bonds. The number of hydrogen-bond acceptors (Lipinski definition) is 12. The van der Waals surface area contributed by atoms with Crippen LogP contribution in [0.15, 0.2) is 36.5 Å². The van der Waals surface area contributed by atoms with Gasteiger partial charge in [-0.25, -0.2) is 0 Å². The summed E-state index contributed by atoms with van der Waals surface area (Å²) in [4.78, 5) is 64.1. The molecular weight excluding hydrogens is 489 g/mol. The number of rotatable bonds is 3. The Morgan fingerprint density at radius 3 is 0.697 bits per heavy atom. The summed E-state index contributed by atoms with van der Waals surface area (Å²) in [6.07, 6.45) is 6.53. The molecule has 0 N–H and O–H groups in total. The maximum Gasteiger partial charge on any atom is 0.860 e. The normalized spacial score (nSPS) is 17.4. The van der Waals surface area contributed by atoms with Gasteiger partial charge < -0.3 is 22.7 Å². The molecule has 15 heteroatoms. The van der Waals surface area contributed by atoms with Crippen molar-refractivity contribution in [2.75, 3.05) is 0 Å². The minimum absolute atomic E-state index is 0.477. The van der Waals surface area contributed by atoms with Crippen LogP contribution in [0.25, 0.3) is 0 Å². The van der Waals surface area contributed by atoms with Gasteiger partial charge in [-0.15, -0.1) is 0 Å². The third-order valence-corrected chi connectivity index (χ3v) is 8.52. The fraction of sp³-hybridized carbons (Fsp3) is 0.333. The topological polar surface area (TPSA) is 158 Å². The SMILES string of the molecule is C[CH2][Al]1[O]C(=O)C=CC(=O)[O]1.C[CH2][Al]1[O]C(=O)C=CC(=O)[O]1.C[CH2][Al]1[O]C(=O)C=CC(=O)[O]1. The lowest BCUT2D eigenvalue weighted by atomic mass is 10.5. The zero-order chi connectivity index (χ0) is 24.8. The van der Waals surface area contributed by atoms with Crippen molar-refractivity contribution in [2.45, 2.75) is 36.6 Å². The van der Waals surface area contributed by atoms with Crippen LogP contribution in [0.3, 0.4) is 0 Å². The maximum absolute atomic E-state index is 10.7. The Hall–Kier alpha value is -2.36. The van der Waals surface area contributed by atoms with Crippen LogP contribution >= 0.6 is 0 Å². The molecule has 3 aliphatic rings. The zero-order valence-corrected chi connectivity index (χ0v) is 21.7. The maximum atomic E-state index is 10.7. The molecule has 0 radical (unpaired) electrons. The fourth-order valence-electron chi connectivity index (χ4n) is 1.99. The molecule has 0 saturated heterocycles. The lowest BCUT2D eigenvalue weighted by molar-refractivity contribution is -0.134. The number of carbonyl (C=O) groups excluding carboxylic acids is 6. The van der Waals surface area contributed by atoms with Gasteiger partial charge in [-0.1, -0.05) is 20.8 Å². The van der Waals surface area contributed by atoms with Crippen LogP contribution in [0.2, 0.25) is 15.8 Å². The molecule has 3 aliphatic heterocycles. The van der Waals surface area contributed by atoms with E-state index in [9.17, 15) is 28.8 Å². The lowest BCUT2D eigenvalue weighted by Gasteiger charge is -2.05. The first kappa shape index (κ1) is 28.7. The Morgan fingerprint density at radius 1 is 0.424 bits per heavy atom. The quantitative estimate of drug-likeness (QED) is 0.484. The van der Waals surface area contributed by atoms with Crippen LogP contribution < -0.4 is 0 Å². The second-order valence-electron chi connectivity index (χ2n) is 6.13. The summed E-state index contributed by atoms with van der Waals surface area (Å²) >= 11 is -6.08. The summed E-state index contributed by atoms with van der Waals surface area (Å²) in [5.74, 6) is -2.86. The van der Waals surface area contributed by atoms with E-state index in [1.54, 1.807) is 0 Å². The van der Waals surface area contributed by atoms with Gasteiger partial charge in [-0.3, -0.25) is 28.8 Å². The second kappa shape index (κ2) is 15.5. The van der Waals surface area contributed by atoms with E-state index in [-0.39, 0.29) is 0 Å². The van der Waals surface area contributed by atoms with Crippen molar-refractivity contribution in [1.29, 1.82) is 0 Å². The third-order valence-electron chi connectivity index (χ3n) is 3.55. The highest BCUT2D eigenvalue weighted by Gasteiger charge is 2.35. The molecule has 0 saturated carbocycles. The average molecular weight is 510 g/mol. The molecule has 0 unspecified atom stereocenters. The van der Waals surface area contributed by atoms with E-state index in [0.29, 0.717) is 15.8 Å². The van der Waals surface area contributed by atoms with Gasteiger partial charge >= 0.3 is 44.4 Å². The number of hydrogen-bond donors (Lipinski definition) is 0. The third kappa shape index (κ3) is 12.5. The van der Waals surface area contributed by atoms with Gasteiger partial charge in [0.05, 0.1) is 0 Å². The van der Waals surface area contributed by atoms with E-state index >= 15 is 0 Å². The molecule has 174 valence electrons. The molecule has 0 aliphatic carbocycles. The van der Waals surface area contributed by atoms with Crippen LogP contribution in [0, 0.1) is 0 Å². The van der Waals surface area contributed by atoms with E-state index in [4.69, 9.17) is 22.7 Å². The molecule has 0 bridgehead atoms. The molecule has 0 aromatic heterocycles. The summed E-state index contributed by atoms with van der Waals surface area (Å²) in [6.45, 7) is 5.47. The van der Waals surface area contributed by atoms with Crippen molar-refractivity contribution in [2.24, 2.45) is 0 Å². The molecule has 0 fully saturated rings. The lowest BCUT2D eigenvalue weighted by Crippen LogP contribution is -2.24. The van der Waals surface area contributed by atoms with E-state index < -0.39 is 80.3 Å². The summed E-state index contributed by atoms with van der Waals surface area (Å²) < 4.78 is 28.8. The Labute approximate surface area is 204 Å². The van der Waals surface area contributed by atoms with E-state index in [2.05, 4.69) is 0 Å². The van der Waals surface area contributed by atoms with Crippen molar-refractivity contribution >= 4 is 80.3 Å². The zero-order valence-electron chi connectivity index (χ0n) is 18.2. The van der Waals surface area contributed by atoms with E-state index in [1.165, 1.54) is 0 Å². The second-order valence-corrected chi connectivity index (χ2v) is 12.6. The van der Waals surface area contributed by atoms with Crippen molar-refractivity contribution in [1.82, 2.24) is 0 Å². The first-order valence-electron chi connectivity index (χ1n) is 9.94. The highest BCUT2D eigenvalue weighted by Crippen LogP contribution is 2.04. The minimum atomic E-state index is -2.03. The molecule has 0 spiro atoms. The monoisotopic (exact) mass is 510 g/mol. The summed E-state index contributed by atoms with van der Waals surface area (Å²) in [7, 11) is 0. The Balaban J connectivity index is 0.000000247. The predicted octanol–water partition coefficient (Wildman–Crippen LogP) is 0.452. The predicted molar refractivity (Wildman–Crippen MR) is 113 cm³/mol. The minimum Gasteiger partial charge on any atom is -0.582 e. The highest BCUT2D eigenvalue weighted by molar-refractivity contribution is 6.51. The van der Waals surface area contributed by atoms with Crippen LogP contribution in [0.5, 0.6) is 0 Å². The standard InChI is InChI=1S/3C4H4O4.3C2H5.3Al/c3*5-3(6)1-2-4(7)8;3*1-2;;;/h3*1-2H,(H,5,6)(H,7,8);3*1H2,2H3;;;/q;;;;;;3*+2/p-6. The van der Waals surface area contributed by atoms with Crippen LogP contribution in [0.4, 0.5) is 0 Å². The average Bonchev–Trinajstić information content (AvgIpc) is 3.14. The van der Waals surface area contributed by atoms with Crippen LogP contribution in [-0.2, 0) is 51.5 Å². The van der Waals surface area contributed by atoms with Crippen molar-refractivity contribution < 1.29 is 51.5 Å². The van der Waals surface area contributed by atoms with Gasteiger partial charge in [0.15, 0.2) is 0 Å². The summed E-state index contributed by atoms with van der Waals surface area (Å²) in [5, 5.41) is 1.83. The Bertz CT molecular complexity index is 681. The van der Waals surface area contributed by atoms with Gasteiger partial charge in [-0.05, 0) is 15.8 Å². The molecule has 0 aromatic rings. The molecule has 12 nitrogen and oxygen atoms in total. The van der Waals surface area contributed by atoms with E-state index in [0.717, 1.165) is 36.5 Å². The van der Waals surface area contributed by atoms with Crippen molar-refractivity contribution in [3.05, 3.63) is 36.5 Å². The van der Waals surface area contributed by atoms with E-state index in [1.807, 2.05) is 20.8 Å². The van der Waals surface area contributed by atoms with Gasteiger partial charge in [0.25, 0.3) is 35.8 Å². The first-order valence-corrected chi connectivity index (χ1v) is 15.2. The first-order chi connectivity index (χ1) is 15.7. The van der Waals surface area contributed by atoms with Crippen LogP contribution in [-0.4, -0.2) is 80.3 Å². The van der Waals surface area contributed by atoms with Gasteiger partial charge in [0.1, 0.15) is 0 Å². The summed E-state index contributed by atoms with van der Waals surface area (Å²) in [6, 6.07) is 0. The van der Waals surface area contributed by atoms with Gasteiger partial charge in [-0.2, -0.15) is 0 Å². The molecule has 0 atom stereocenters. The Morgan fingerprint density at radius 2 is 0.576 bits per heavy atom. The molecule has 3 rings (SSSR count). The largest absolute Gasteiger partial charge is 0.860 e. The molecular formula is C18H21Al3O12. The molecule has 3 heterocycles. The van der Waals surface area contributed by atoms with Gasteiger partial charge in [0.2, 0.25) is 0 Å². The number of carbonyl (C=O) groups is 6. The molecule has 0 aromatic carbocycles. The smallest absolute Gasteiger partial charge is 0.582 e. The highest BCUT2D eigenvalue weighted by atomic mass is 27.2. The Kier molecular flexibility index (Phi) is 13.4. The van der Waals surface area contributed by atoms with Crippen LogP contribution in [0.1, 0.15) is 20.8 Å². The van der Waals surface area contributed by atoms with Crippen molar-refractivity contribution in [3.8, 4) is 0 Å². The van der Waals surface area contributed by atoms with Gasteiger partial charge in [0, 0.05) is 36.5 Å². The molecule has 33 heavy (non-hydrogen) atoms. The summed E-state index contributed by atoms with van der Waals surface area (Å²) in [5.41, 5.74) is 0. The van der Waals surface area contributed by atoms with Crippen molar-refractivity contribution in [3.63, 3.8) is 0 Å².